The van der Waals surface area contributed by atoms with Gasteiger partial charge < -0.3 is 14.5 Å². The molecule has 3 rings (SSSR count). The number of rotatable bonds is 4. The molecule has 0 bridgehead atoms. The molecule has 138 valence electrons. The summed E-state index contributed by atoms with van der Waals surface area (Å²) in [6, 6.07) is 0.855. The molecule has 1 aromatic rings. The molecule has 2 saturated heterocycles. The Morgan fingerprint density at radius 3 is 2.84 bits per heavy atom. The van der Waals surface area contributed by atoms with Crippen molar-refractivity contribution in [1.82, 2.24) is 14.9 Å². The third-order valence-electron chi connectivity index (χ3n) is 4.96. The highest BCUT2D eigenvalue weighted by Gasteiger charge is 2.49. The Morgan fingerprint density at radius 1 is 1.32 bits per heavy atom. The average Bonchev–Trinajstić information content (AvgIpc) is 3.01. The van der Waals surface area contributed by atoms with Gasteiger partial charge in [-0.05, 0) is 25.3 Å². The van der Waals surface area contributed by atoms with Crippen molar-refractivity contribution in [2.75, 3.05) is 44.8 Å². The lowest BCUT2D eigenvalue weighted by Crippen LogP contribution is -2.51. The first-order valence-corrected chi connectivity index (χ1v) is 8.29. The zero-order valence-corrected chi connectivity index (χ0v) is 14.1. The molecule has 3 heterocycles. The zero-order chi connectivity index (χ0) is 18.1. The second kappa shape index (κ2) is 6.78. The number of ether oxygens (including phenoxy) is 1. The van der Waals surface area contributed by atoms with Gasteiger partial charge in [0.1, 0.15) is 5.69 Å². The van der Waals surface area contributed by atoms with Crippen LogP contribution in [0.2, 0.25) is 0 Å². The Labute approximate surface area is 144 Å². The van der Waals surface area contributed by atoms with Gasteiger partial charge in [-0.25, -0.2) is 9.97 Å². The van der Waals surface area contributed by atoms with E-state index in [9.17, 15) is 18.0 Å². The number of nitrogens with zero attached hydrogens (tertiary/aromatic N) is 4. The molecule has 1 spiro atoms. The van der Waals surface area contributed by atoms with Crippen molar-refractivity contribution < 1.29 is 22.7 Å². The number of amides is 1. The number of alkyl halides is 3. The summed E-state index contributed by atoms with van der Waals surface area (Å²) in [7, 11) is 1.59. The zero-order valence-electron chi connectivity index (χ0n) is 14.1. The Balaban J connectivity index is 1.75. The van der Waals surface area contributed by atoms with E-state index in [1.165, 1.54) is 0 Å². The van der Waals surface area contributed by atoms with Crippen LogP contribution in [0.3, 0.4) is 0 Å². The van der Waals surface area contributed by atoms with Crippen molar-refractivity contribution in [3.8, 4) is 0 Å². The largest absolute Gasteiger partial charge is 0.433 e. The number of aromatic nitrogens is 2. The number of anilines is 1. The number of likely N-dealkylation sites (tertiary alicyclic amines) is 1. The highest BCUT2D eigenvalue weighted by molar-refractivity contribution is 5.85. The molecule has 1 aromatic heterocycles. The summed E-state index contributed by atoms with van der Waals surface area (Å²) in [5.41, 5.74) is -1.51. The lowest BCUT2D eigenvalue weighted by molar-refractivity contribution is -0.145. The number of halogens is 3. The van der Waals surface area contributed by atoms with E-state index in [0.29, 0.717) is 39.2 Å². The molecule has 9 heteroatoms. The van der Waals surface area contributed by atoms with Crippen molar-refractivity contribution in [3.05, 3.63) is 18.0 Å². The van der Waals surface area contributed by atoms with Crippen LogP contribution in [-0.2, 0) is 15.7 Å². The lowest BCUT2D eigenvalue weighted by atomic mass is 9.78. The highest BCUT2D eigenvalue weighted by Crippen LogP contribution is 2.41. The van der Waals surface area contributed by atoms with Crippen molar-refractivity contribution in [2.45, 2.75) is 25.4 Å². The number of piperidine rings is 1. The fourth-order valence-electron chi connectivity index (χ4n) is 3.65. The van der Waals surface area contributed by atoms with Crippen LogP contribution in [-0.4, -0.2) is 60.7 Å². The fourth-order valence-corrected chi connectivity index (χ4v) is 3.65. The van der Waals surface area contributed by atoms with Gasteiger partial charge in [-0.15, -0.1) is 0 Å². The highest BCUT2D eigenvalue weighted by atomic mass is 19.4. The summed E-state index contributed by atoms with van der Waals surface area (Å²) in [5.74, 6) is 0.0961. The maximum atomic E-state index is 12.9. The first kappa shape index (κ1) is 17.9. The van der Waals surface area contributed by atoms with E-state index >= 15 is 0 Å². The van der Waals surface area contributed by atoms with Gasteiger partial charge in [-0.3, -0.25) is 4.79 Å². The van der Waals surface area contributed by atoms with E-state index in [0.717, 1.165) is 25.1 Å². The fraction of sp³-hybridized carbons (Fsp3) is 0.688. The second-order valence-electron chi connectivity index (χ2n) is 6.58. The van der Waals surface area contributed by atoms with E-state index in [-0.39, 0.29) is 11.9 Å². The van der Waals surface area contributed by atoms with Crippen molar-refractivity contribution >= 4 is 11.9 Å². The first-order valence-electron chi connectivity index (χ1n) is 8.29. The van der Waals surface area contributed by atoms with E-state index in [1.54, 1.807) is 16.9 Å². The summed E-state index contributed by atoms with van der Waals surface area (Å²) < 4.78 is 43.6. The lowest BCUT2D eigenvalue weighted by Gasteiger charge is -2.39. The minimum atomic E-state index is -4.51. The number of methoxy groups -OCH3 is 1. The minimum Gasteiger partial charge on any atom is -0.383 e. The van der Waals surface area contributed by atoms with Gasteiger partial charge in [0.25, 0.3) is 0 Å². The van der Waals surface area contributed by atoms with Gasteiger partial charge in [0.2, 0.25) is 11.9 Å². The van der Waals surface area contributed by atoms with Crippen LogP contribution in [0.4, 0.5) is 19.1 Å². The van der Waals surface area contributed by atoms with Gasteiger partial charge >= 0.3 is 6.18 Å². The van der Waals surface area contributed by atoms with Crippen LogP contribution in [0.25, 0.3) is 0 Å². The topological polar surface area (TPSA) is 58.6 Å². The Morgan fingerprint density at radius 2 is 2.12 bits per heavy atom. The van der Waals surface area contributed by atoms with Crippen LogP contribution >= 0.6 is 0 Å². The summed E-state index contributed by atoms with van der Waals surface area (Å²) in [6.07, 6.45) is -1.16. The van der Waals surface area contributed by atoms with Gasteiger partial charge in [-0.1, -0.05) is 0 Å². The molecule has 1 amide bonds. The van der Waals surface area contributed by atoms with Crippen LogP contribution in [0.1, 0.15) is 25.0 Å². The van der Waals surface area contributed by atoms with Gasteiger partial charge in [0.05, 0.1) is 12.0 Å². The molecule has 0 saturated carbocycles. The van der Waals surface area contributed by atoms with Crippen LogP contribution in [0.15, 0.2) is 12.3 Å². The van der Waals surface area contributed by atoms with Crippen LogP contribution in [0.5, 0.6) is 0 Å². The number of hydrogen-bond donors (Lipinski definition) is 0. The van der Waals surface area contributed by atoms with E-state index < -0.39 is 17.3 Å². The standard InChI is InChI=1S/C16H21F3N4O2/c1-25-10-9-22-7-2-4-15(13(22)24)5-8-23(11-15)14-20-6-3-12(21-14)16(17,18)19/h3,6H,2,4-5,7-11H2,1H3. The third kappa shape index (κ3) is 3.56. The molecular formula is C16H21F3N4O2. The molecule has 0 aliphatic carbocycles. The summed E-state index contributed by atoms with van der Waals surface area (Å²) in [6.45, 7) is 2.55. The van der Waals surface area contributed by atoms with Crippen molar-refractivity contribution in [2.24, 2.45) is 5.41 Å². The van der Waals surface area contributed by atoms with Crippen molar-refractivity contribution in [3.63, 3.8) is 0 Å². The first-order chi connectivity index (χ1) is 11.9. The maximum Gasteiger partial charge on any atom is 0.433 e. The SMILES string of the molecule is COCCN1CCCC2(CCN(c3nccc(C(F)(F)F)n3)C2)C1=O. The smallest absolute Gasteiger partial charge is 0.383 e. The van der Waals surface area contributed by atoms with E-state index in [2.05, 4.69) is 9.97 Å². The third-order valence-corrected chi connectivity index (χ3v) is 4.96. The molecule has 25 heavy (non-hydrogen) atoms. The van der Waals surface area contributed by atoms with Gasteiger partial charge in [-0.2, -0.15) is 13.2 Å². The Kier molecular flexibility index (Phi) is 4.86. The van der Waals surface area contributed by atoms with Crippen LogP contribution in [0, 0.1) is 5.41 Å². The number of carbonyl (C=O) groups is 1. The monoisotopic (exact) mass is 358 g/mol. The molecule has 2 aliphatic heterocycles. The summed E-state index contributed by atoms with van der Waals surface area (Å²) in [4.78, 5) is 24.0. The Hall–Kier alpha value is -1.90. The maximum absolute atomic E-state index is 12.9. The Bertz CT molecular complexity index is 640. The predicted octanol–water partition coefficient (Wildman–Crippen LogP) is 1.96. The van der Waals surface area contributed by atoms with Gasteiger partial charge in [0.15, 0.2) is 0 Å². The number of hydrogen-bond acceptors (Lipinski definition) is 5. The minimum absolute atomic E-state index is 0.0357. The van der Waals surface area contributed by atoms with E-state index in [1.807, 2.05) is 0 Å². The molecule has 1 unspecified atom stereocenters. The van der Waals surface area contributed by atoms with E-state index in [4.69, 9.17) is 4.74 Å². The molecule has 2 fully saturated rings. The van der Waals surface area contributed by atoms with Crippen LogP contribution < -0.4 is 4.90 Å². The summed E-state index contributed by atoms with van der Waals surface area (Å²) in [5, 5.41) is 0. The van der Waals surface area contributed by atoms with Crippen molar-refractivity contribution in [1.29, 1.82) is 0 Å². The second-order valence-corrected chi connectivity index (χ2v) is 6.58. The molecule has 1 atom stereocenters. The predicted molar refractivity (Wildman–Crippen MR) is 84.0 cm³/mol. The summed E-state index contributed by atoms with van der Waals surface area (Å²) >= 11 is 0. The molecule has 2 aliphatic rings. The molecular weight excluding hydrogens is 337 g/mol. The molecule has 0 aromatic carbocycles. The number of carbonyl (C=O) groups excluding carboxylic acids is 1. The average molecular weight is 358 g/mol. The quantitative estimate of drug-likeness (QED) is 0.824. The molecule has 0 radical (unpaired) electrons. The molecule has 6 nitrogen and oxygen atoms in total. The normalized spacial score (nSPS) is 24.4. The van der Waals surface area contributed by atoms with Gasteiger partial charge in [0, 0.05) is 39.5 Å². The molecule has 0 N–H and O–H groups in total.